The van der Waals surface area contributed by atoms with E-state index in [-0.39, 0.29) is 0 Å². The molecule has 0 unspecified atom stereocenters. The normalized spacial score (nSPS) is 10.3. The van der Waals surface area contributed by atoms with Gasteiger partial charge in [0.2, 0.25) is 0 Å². The first-order valence-electron chi connectivity index (χ1n) is 3.55. The summed E-state index contributed by atoms with van der Waals surface area (Å²) in [4.78, 5) is 0. The summed E-state index contributed by atoms with van der Waals surface area (Å²) in [5, 5.41) is 2.25. The summed E-state index contributed by atoms with van der Waals surface area (Å²) in [6.07, 6.45) is 1.73. The second kappa shape index (κ2) is 2.51. The van der Waals surface area contributed by atoms with E-state index in [1.165, 1.54) is 0 Å². The van der Waals surface area contributed by atoms with Crippen LogP contribution in [0.15, 0.2) is 28.8 Å². The number of benzene rings is 1. The first kappa shape index (κ1) is 6.61. The zero-order valence-electron chi connectivity index (χ0n) is 6.08. The van der Waals surface area contributed by atoms with E-state index >= 15 is 0 Å². The molecule has 0 aliphatic heterocycles. The molecule has 0 saturated heterocycles. The van der Waals surface area contributed by atoms with E-state index in [0.717, 1.165) is 16.2 Å². The Morgan fingerprint density at radius 2 is 2.36 bits per heavy atom. The third-order valence-corrected chi connectivity index (χ3v) is 1.78. The van der Waals surface area contributed by atoms with Gasteiger partial charge in [-0.2, -0.15) is 0 Å². The molecule has 2 aromatic rings. The van der Waals surface area contributed by atoms with Crippen molar-refractivity contribution in [2.45, 2.75) is 6.54 Å². The Balaban J connectivity index is 2.67. The summed E-state index contributed by atoms with van der Waals surface area (Å²) in [6.45, 7) is 0.584. The third-order valence-electron chi connectivity index (χ3n) is 1.78. The van der Waals surface area contributed by atoms with Crippen LogP contribution in [0.4, 0.5) is 0 Å². The van der Waals surface area contributed by atoms with Crippen molar-refractivity contribution < 1.29 is 4.33 Å². The molecule has 1 heterocycles. The molecule has 2 rings (SSSR count). The molecular weight excluding hydrogens is 137 g/mol. The fourth-order valence-electron chi connectivity index (χ4n) is 1.14. The van der Waals surface area contributed by atoms with Crippen LogP contribution in [-0.4, -0.2) is 7.13 Å². The van der Waals surface area contributed by atoms with Crippen molar-refractivity contribution >= 4 is 17.8 Å². The monoisotopic (exact) mass is 145 g/mol. The van der Waals surface area contributed by atoms with Crippen molar-refractivity contribution in [2.24, 2.45) is 5.73 Å². The van der Waals surface area contributed by atoms with Crippen molar-refractivity contribution in [1.82, 2.24) is 0 Å². The molecule has 0 radical (unpaired) electrons. The molecule has 0 bridgehead atoms. The van der Waals surface area contributed by atoms with Crippen LogP contribution < -0.4 is 5.73 Å². The molecule has 11 heavy (non-hydrogen) atoms. The van der Waals surface area contributed by atoms with Gasteiger partial charge < -0.3 is 0 Å². The van der Waals surface area contributed by atoms with Crippen molar-refractivity contribution in [3.8, 4) is 0 Å². The van der Waals surface area contributed by atoms with Crippen LogP contribution >= 0.6 is 0 Å². The van der Waals surface area contributed by atoms with Crippen molar-refractivity contribution in [3.63, 3.8) is 0 Å². The second-order valence-electron chi connectivity index (χ2n) is 2.54. The Morgan fingerprint density at radius 3 is 3.18 bits per heavy atom. The van der Waals surface area contributed by atoms with E-state index in [1.807, 2.05) is 18.2 Å². The van der Waals surface area contributed by atoms with Gasteiger partial charge in [-0.05, 0) is 0 Å². The van der Waals surface area contributed by atoms with E-state index in [4.69, 9.17) is 10.1 Å². The maximum absolute atomic E-state index is 5.48. The number of hydrogen-bond acceptors (Lipinski definition) is 2. The summed E-state index contributed by atoms with van der Waals surface area (Å²) in [5.74, 6) is 0. The van der Waals surface area contributed by atoms with Gasteiger partial charge in [-0.15, -0.1) is 0 Å². The van der Waals surface area contributed by atoms with Gasteiger partial charge >= 0.3 is 64.4 Å². The van der Waals surface area contributed by atoms with Gasteiger partial charge in [0.1, 0.15) is 0 Å². The third kappa shape index (κ3) is 1.07. The Labute approximate surface area is 65.2 Å². The molecule has 0 atom stereocenters. The fourth-order valence-corrected chi connectivity index (χ4v) is 1.14. The Hall–Kier alpha value is -1.09. The molecule has 0 fully saturated rings. The van der Waals surface area contributed by atoms with Crippen LogP contribution in [-0.2, 0) is 6.54 Å². The van der Waals surface area contributed by atoms with E-state index in [9.17, 15) is 0 Å². The van der Waals surface area contributed by atoms with Gasteiger partial charge in [-0.3, -0.25) is 0 Å². The molecule has 0 aliphatic carbocycles. The molecule has 0 spiro atoms. The summed E-state index contributed by atoms with van der Waals surface area (Å²) >= 11 is 0. The molecule has 0 saturated carbocycles. The van der Waals surface area contributed by atoms with Crippen LogP contribution in [0.3, 0.4) is 0 Å². The SMILES string of the molecule is NCc1ccc2bocc2c1. The van der Waals surface area contributed by atoms with Crippen molar-refractivity contribution in [2.75, 3.05) is 0 Å². The molecule has 0 aliphatic rings. The average Bonchev–Trinajstić information content (AvgIpc) is 2.50. The number of nitrogens with two attached hydrogens (primary N) is 1. The van der Waals surface area contributed by atoms with Crippen molar-refractivity contribution in [3.05, 3.63) is 30.0 Å². The average molecular weight is 145 g/mol. The molecular formula is C8H8BNO. The first-order chi connectivity index (χ1) is 5.40. The second-order valence-corrected chi connectivity index (χ2v) is 2.54. The molecule has 0 amide bonds. The molecule has 1 aromatic carbocycles. The molecule has 2 N–H and O–H groups in total. The number of rotatable bonds is 1. The Morgan fingerprint density at radius 1 is 1.45 bits per heavy atom. The van der Waals surface area contributed by atoms with Crippen LogP contribution in [0.2, 0.25) is 0 Å². The Kier molecular flexibility index (Phi) is 1.51. The Bertz CT molecular complexity index is 369. The van der Waals surface area contributed by atoms with E-state index in [1.54, 1.807) is 13.4 Å². The van der Waals surface area contributed by atoms with Gasteiger partial charge in [0.15, 0.2) is 0 Å². The van der Waals surface area contributed by atoms with Crippen molar-refractivity contribution in [1.29, 1.82) is 0 Å². The molecule has 54 valence electrons. The zero-order chi connectivity index (χ0) is 7.68. The minimum atomic E-state index is 0.584. The van der Waals surface area contributed by atoms with Gasteiger partial charge in [-0.25, -0.2) is 0 Å². The zero-order valence-corrected chi connectivity index (χ0v) is 6.08. The van der Waals surface area contributed by atoms with Crippen LogP contribution in [0.25, 0.3) is 10.7 Å². The van der Waals surface area contributed by atoms with Crippen LogP contribution in [0.5, 0.6) is 0 Å². The summed E-state index contributed by atoms with van der Waals surface area (Å²) < 4.78 is 5.02. The predicted molar refractivity (Wildman–Crippen MR) is 45.5 cm³/mol. The summed E-state index contributed by atoms with van der Waals surface area (Å²) in [5.41, 5.74) is 6.62. The van der Waals surface area contributed by atoms with Gasteiger partial charge in [0.25, 0.3) is 0 Å². The van der Waals surface area contributed by atoms with E-state index in [2.05, 4.69) is 0 Å². The van der Waals surface area contributed by atoms with E-state index < -0.39 is 0 Å². The number of hydrogen-bond donors (Lipinski definition) is 1. The fraction of sp³-hybridized carbons (Fsp3) is 0.125. The first-order valence-corrected chi connectivity index (χ1v) is 3.55. The van der Waals surface area contributed by atoms with Crippen LogP contribution in [0, 0.1) is 0 Å². The molecule has 3 heteroatoms. The summed E-state index contributed by atoms with van der Waals surface area (Å²) in [6, 6.07) is 6.07. The predicted octanol–water partition coefficient (Wildman–Crippen LogP) is 1.23. The quantitative estimate of drug-likeness (QED) is 0.655. The standard InChI is InChI=1S/C8H8BNO/c10-4-6-1-2-8-7(3-6)5-11-9-8/h1-3,5H,4,10H2. The van der Waals surface area contributed by atoms with E-state index in [0.29, 0.717) is 6.54 Å². The topological polar surface area (TPSA) is 39.2 Å². The van der Waals surface area contributed by atoms with Crippen LogP contribution in [0.1, 0.15) is 5.56 Å². The van der Waals surface area contributed by atoms with Gasteiger partial charge in [-0.1, -0.05) is 0 Å². The summed E-state index contributed by atoms with van der Waals surface area (Å²) in [7, 11) is 1.73. The van der Waals surface area contributed by atoms with Gasteiger partial charge in [0, 0.05) is 0 Å². The minimum absolute atomic E-state index is 0.584. The number of fused-ring (bicyclic) bond motifs is 1. The maximum atomic E-state index is 5.48. The molecule has 2 nitrogen and oxygen atoms in total. The molecule has 1 aromatic heterocycles. The van der Waals surface area contributed by atoms with Gasteiger partial charge in [0.05, 0.1) is 0 Å².